The number of amides is 2. The van der Waals surface area contributed by atoms with Crippen molar-refractivity contribution in [3.8, 4) is 0 Å². The zero-order valence-electron chi connectivity index (χ0n) is 15.2. The van der Waals surface area contributed by atoms with Gasteiger partial charge in [-0.1, -0.05) is 23.7 Å². The second-order valence-electron chi connectivity index (χ2n) is 6.71. The standard InChI is InChI=1S/C21H17ClN2O5/c22-13-5-8-17-12(9-13)10-18(29-17)21(27)28-11-19(25)24-16-4-2-1-3-15(16)20(26)23-14-6-7-14/h1-5,8-10,14H,6-7,11H2,(H,23,26)(H,24,25). The van der Waals surface area contributed by atoms with Crippen molar-refractivity contribution < 1.29 is 23.5 Å². The van der Waals surface area contributed by atoms with Crippen molar-refractivity contribution in [1.82, 2.24) is 5.32 Å². The number of ether oxygens (including phenoxy) is 1. The van der Waals surface area contributed by atoms with E-state index in [1.165, 1.54) is 6.07 Å². The minimum absolute atomic E-state index is 0.0284. The first-order valence-corrected chi connectivity index (χ1v) is 9.43. The first-order valence-electron chi connectivity index (χ1n) is 9.05. The summed E-state index contributed by atoms with van der Waals surface area (Å²) in [6.45, 7) is -0.519. The summed E-state index contributed by atoms with van der Waals surface area (Å²) in [5.74, 6) is -1.61. The van der Waals surface area contributed by atoms with Crippen molar-refractivity contribution in [2.45, 2.75) is 18.9 Å². The van der Waals surface area contributed by atoms with Crippen LogP contribution in [0.2, 0.25) is 5.02 Å². The Bertz CT molecular complexity index is 1100. The van der Waals surface area contributed by atoms with Crippen LogP contribution in [-0.2, 0) is 9.53 Å². The number of hydrogen-bond donors (Lipinski definition) is 2. The Balaban J connectivity index is 1.37. The van der Waals surface area contributed by atoms with E-state index < -0.39 is 18.5 Å². The highest BCUT2D eigenvalue weighted by molar-refractivity contribution is 6.31. The maximum absolute atomic E-state index is 12.3. The Morgan fingerprint density at radius 1 is 1.10 bits per heavy atom. The molecule has 148 valence electrons. The molecule has 0 atom stereocenters. The van der Waals surface area contributed by atoms with Crippen molar-refractivity contribution in [3.63, 3.8) is 0 Å². The van der Waals surface area contributed by atoms with Gasteiger partial charge >= 0.3 is 5.97 Å². The highest BCUT2D eigenvalue weighted by Gasteiger charge is 2.25. The fourth-order valence-electron chi connectivity index (χ4n) is 2.78. The predicted octanol–water partition coefficient (Wildman–Crippen LogP) is 3.77. The molecule has 1 aliphatic rings. The van der Waals surface area contributed by atoms with E-state index in [1.807, 2.05) is 0 Å². The fourth-order valence-corrected chi connectivity index (χ4v) is 2.96. The third kappa shape index (κ3) is 4.57. The molecule has 0 unspecified atom stereocenters. The number of fused-ring (bicyclic) bond motifs is 1. The highest BCUT2D eigenvalue weighted by atomic mass is 35.5. The molecule has 2 amide bonds. The third-order valence-electron chi connectivity index (χ3n) is 4.37. The largest absolute Gasteiger partial charge is 0.450 e. The van der Waals surface area contributed by atoms with Crippen LogP contribution in [0.3, 0.4) is 0 Å². The van der Waals surface area contributed by atoms with Gasteiger partial charge in [-0.05, 0) is 49.2 Å². The first kappa shape index (κ1) is 19.0. The number of nitrogens with one attached hydrogen (secondary N) is 2. The van der Waals surface area contributed by atoms with E-state index in [4.69, 9.17) is 20.8 Å². The van der Waals surface area contributed by atoms with Crippen LogP contribution in [0, 0.1) is 0 Å². The van der Waals surface area contributed by atoms with Crippen LogP contribution in [0.25, 0.3) is 11.0 Å². The number of furan rings is 1. The summed E-state index contributed by atoms with van der Waals surface area (Å²) in [5.41, 5.74) is 1.19. The first-order chi connectivity index (χ1) is 14.0. The van der Waals surface area contributed by atoms with E-state index in [0.717, 1.165) is 12.8 Å². The summed E-state index contributed by atoms with van der Waals surface area (Å²) < 4.78 is 10.4. The maximum Gasteiger partial charge on any atom is 0.374 e. The fraction of sp³-hybridized carbons (Fsp3) is 0.190. The molecule has 1 heterocycles. The summed E-state index contributed by atoms with van der Waals surface area (Å²) >= 11 is 5.91. The van der Waals surface area contributed by atoms with E-state index in [0.29, 0.717) is 27.2 Å². The lowest BCUT2D eigenvalue weighted by Crippen LogP contribution is -2.27. The van der Waals surface area contributed by atoms with E-state index in [-0.39, 0.29) is 17.7 Å². The molecular weight excluding hydrogens is 396 g/mol. The molecule has 2 aromatic carbocycles. The van der Waals surface area contributed by atoms with Crippen molar-refractivity contribution in [2.75, 3.05) is 11.9 Å². The maximum atomic E-state index is 12.3. The van der Waals surface area contributed by atoms with Crippen LogP contribution in [0.1, 0.15) is 33.8 Å². The summed E-state index contributed by atoms with van der Waals surface area (Å²) in [6.07, 6.45) is 1.93. The quantitative estimate of drug-likeness (QED) is 0.600. The molecule has 1 fully saturated rings. The van der Waals surface area contributed by atoms with Gasteiger partial charge in [0.25, 0.3) is 11.8 Å². The van der Waals surface area contributed by atoms with E-state index in [1.54, 1.807) is 42.5 Å². The van der Waals surface area contributed by atoms with Crippen LogP contribution in [0.5, 0.6) is 0 Å². The zero-order chi connectivity index (χ0) is 20.4. The summed E-state index contributed by atoms with van der Waals surface area (Å²) in [7, 11) is 0. The molecule has 1 aliphatic carbocycles. The number of carbonyl (C=O) groups is 3. The Labute approximate surface area is 171 Å². The number of rotatable bonds is 6. The molecule has 0 aliphatic heterocycles. The van der Waals surface area contributed by atoms with Gasteiger partial charge in [-0.2, -0.15) is 0 Å². The molecule has 0 spiro atoms. The summed E-state index contributed by atoms with van der Waals surface area (Å²) in [5, 5.41) is 6.65. The molecule has 29 heavy (non-hydrogen) atoms. The van der Waals surface area contributed by atoms with Gasteiger partial charge in [-0.15, -0.1) is 0 Å². The van der Waals surface area contributed by atoms with Crippen LogP contribution in [0.15, 0.2) is 52.9 Å². The molecule has 1 saturated carbocycles. The average Bonchev–Trinajstić information content (AvgIpc) is 3.41. The molecular formula is C21H17ClN2O5. The van der Waals surface area contributed by atoms with Gasteiger partial charge in [0.15, 0.2) is 6.61 Å². The van der Waals surface area contributed by atoms with Crippen LogP contribution in [-0.4, -0.2) is 30.4 Å². The van der Waals surface area contributed by atoms with Crippen LogP contribution in [0.4, 0.5) is 5.69 Å². The Hall–Kier alpha value is -3.32. The van der Waals surface area contributed by atoms with Gasteiger partial charge in [-0.25, -0.2) is 4.79 Å². The lowest BCUT2D eigenvalue weighted by molar-refractivity contribution is -0.119. The number of esters is 1. The van der Waals surface area contributed by atoms with Crippen LogP contribution >= 0.6 is 11.6 Å². The van der Waals surface area contributed by atoms with Gasteiger partial charge in [0.05, 0.1) is 11.3 Å². The van der Waals surface area contributed by atoms with E-state index >= 15 is 0 Å². The lowest BCUT2D eigenvalue weighted by Gasteiger charge is -2.11. The average molecular weight is 413 g/mol. The van der Waals surface area contributed by atoms with Crippen molar-refractivity contribution in [3.05, 3.63) is 64.9 Å². The van der Waals surface area contributed by atoms with Gasteiger partial charge in [0.1, 0.15) is 5.58 Å². The molecule has 1 aromatic heterocycles. The highest BCUT2D eigenvalue weighted by Crippen LogP contribution is 2.24. The number of carbonyl (C=O) groups excluding carboxylic acids is 3. The van der Waals surface area contributed by atoms with E-state index in [2.05, 4.69) is 10.6 Å². The van der Waals surface area contributed by atoms with Crippen molar-refractivity contribution in [1.29, 1.82) is 0 Å². The van der Waals surface area contributed by atoms with Crippen molar-refractivity contribution >= 4 is 46.0 Å². The summed E-state index contributed by atoms with van der Waals surface area (Å²) in [4.78, 5) is 36.7. The second-order valence-corrected chi connectivity index (χ2v) is 7.15. The molecule has 0 bridgehead atoms. The SMILES string of the molecule is O=C(COC(=O)c1cc2cc(Cl)ccc2o1)Nc1ccccc1C(=O)NC1CC1. The lowest BCUT2D eigenvalue weighted by atomic mass is 10.1. The van der Waals surface area contributed by atoms with Gasteiger partial charge < -0.3 is 19.8 Å². The number of anilines is 1. The molecule has 0 radical (unpaired) electrons. The third-order valence-corrected chi connectivity index (χ3v) is 4.61. The van der Waals surface area contributed by atoms with Crippen LogP contribution < -0.4 is 10.6 Å². The van der Waals surface area contributed by atoms with Gasteiger partial charge in [-0.3, -0.25) is 9.59 Å². The molecule has 0 saturated heterocycles. The molecule has 4 rings (SSSR count). The van der Waals surface area contributed by atoms with Gasteiger partial charge in [0.2, 0.25) is 5.76 Å². The Kier molecular flexibility index (Phi) is 5.22. The summed E-state index contributed by atoms with van der Waals surface area (Å²) in [6, 6.07) is 13.3. The number of benzene rings is 2. The number of para-hydroxylation sites is 1. The monoisotopic (exact) mass is 412 g/mol. The number of halogens is 1. The van der Waals surface area contributed by atoms with E-state index in [9.17, 15) is 14.4 Å². The second kappa shape index (κ2) is 7.97. The smallest absolute Gasteiger partial charge is 0.374 e. The molecule has 7 nitrogen and oxygen atoms in total. The number of hydrogen-bond acceptors (Lipinski definition) is 5. The molecule has 3 aromatic rings. The molecule has 8 heteroatoms. The minimum atomic E-state index is -0.771. The van der Waals surface area contributed by atoms with Crippen molar-refractivity contribution in [2.24, 2.45) is 0 Å². The minimum Gasteiger partial charge on any atom is -0.450 e. The van der Waals surface area contributed by atoms with Gasteiger partial charge in [0, 0.05) is 16.5 Å². The topological polar surface area (TPSA) is 97.6 Å². The Morgan fingerprint density at radius 3 is 2.69 bits per heavy atom. The predicted molar refractivity (Wildman–Crippen MR) is 107 cm³/mol. The normalized spacial score (nSPS) is 13.1. The zero-order valence-corrected chi connectivity index (χ0v) is 16.0. The Morgan fingerprint density at radius 2 is 1.90 bits per heavy atom. The molecule has 2 N–H and O–H groups in total.